The van der Waals surface area contributed by atoms with Gasteiger partial charge in [0.1, 0.15) is 11.6 Å². The molecule has 0 spiro atoms. The summed E-state index contributed by atoms with van der Waals surface area (Å²) in [5.74, 6) is -3.97. The van der Waals surface area contributed by atoms with Crippen molar-refractivity contribution in [1.29, 1.82) is 0 Å². The molecular formula is C13H8ClF2N3O2. The van der Waals surface area contributed by atoms with Gasteiger partial charge in [0.15, 0.2) is 0 Å². The number of rotatable bonds is 3. The van der Waals surface area contributed by atoms with Gasteiger partial charge in [0.05, 0.1) is 21.8 Å². The number of primary amides is 1. The number of nitrogens with one attached hydrogen (secondary N) is 1. The van der Waals surface area contributed by atoms with E-state index in [1.165, 1.54) is 18.5 Å². The molecule has 1 aromatic carbocycles. The number of hydrogen-bond acceptors (Lipinski definition) is 3. The molecular weight excluding hydrogens is 304 g/mol. The van der Waals surface area contributed by atoms with Gasteiger partial charge < -0.3 is 11.1 Å². The Hall–Kier alpha value is -2.54. The summed E-state index contributed by atoms with van der Waals surface area (Å²) in [6.07, 6.45) is 2.57. The molecule has 2 aromatic rings. The van der Waals surface area contributed by atoms with E-state index in [0.29, 0.717) is 6.07 Å². The molecule has 8 heteroatoms. The van der Waals surface area contributed by atoms with Crippen LogP contribution >= 0.6 is 11.6 Å². The standard InChI is InChI=1S/C13H8ClF2N3O2/c14-8-5-18-2-1-6(8)13(21)19-11-3-7(12(17)20)9(15)4-10(11)16/h1-5H,(H2,17,20)(H,19,21). The Kier molecular flexibility index (Phi) is 4.13. The third kappa shape index (κ3) is 3.14. The van der Waals surface area contributed by atoms with Crippen LogP contribution < -0.4 is 11.1 Å². The van der Waals surface area contributed by atoms with Crippen molar-refractivity contribution in [2.45, 2.75) is 0 Å². The van der Waals surface area contributed by atoms with Gasteiger partial charge in [-0.05, 0) is 12.1 Å². The van der Waals surface area contributed by atoms with Crippen LogP contribution in [0.15, 0.2) is 30.6 Å². The van der Waals surface area contributed by atoms with E-state index >= 15 is 0 Å². The van der Waals surface area contributed by atoms with Crippen molar-refractivity contribution in [2.75, 3.05) is 5.32 Å². The van der Waals surface area contributed by atoms with E-state index in [4.69, 9.17) is 17.3 Å². The minimum Gasteiger partial charge on any atom is -0.366 e. The Balaban J connectivity index is 2.36. The number of hydrogen-bond donors (Lipinski definition) is 2. The van der Waals surface area contributed by atoms with Gasteiger partial charge in [-0.1, -0.05) is 11.6 Å². The molecule has 0 fully saturated rings. The number of amides is 2. The van der Waals surface area contributed by atoms with E-state index < -0.39 is 29.0 Å². The number of anilines is 1. The van der Waals surface area contributed by atoms with Crippen LogP contribution in [0.5, 0.6) is 0 Å². The predicted molar refractivity (Wildman–Crippen MR) is 72.1 cm³/mol. The first-order valence-corrected chi connectivity index (χ1v) is 5.97. The quantitative estimate of drug-likeness (QED) is 0.912. The molecule has 0 radical (unpaired) electrons. The molecule has 2 rings (SSSR count). The monoisotopic (exact) mass is 311 g/mol. The van der Waals surface area contributed by atoms with Gasteiger partial charge in [-0.15, -0.1) is 0 Å². The maximum atomic E-state index is 13.6. The first kappa shape index (κ1) is 14.9. The van der Waals surface area contributed by atoms with Crippen LogP contribution in [0.2, 0.25) is 5.02 Å². The molecule has 108 valence electrons. The van der Waals surface area contributed by atoms with Crippen LogP contribution in [0.1, 0.15) is 20.7 Å². The summed E-state index contributed by atoms with van der Waals surface area (Å²) in [5.41, 5.74) is 4.09. The highest BCUT2D eigenvalue weighted by Crippen LogP contribution is 2.21. The van der Waals surface area contributed by atoms with Crippen LogP contribution in [-0.2, 0) is 0 Å². The molecule has 2 amide bonds. The van der Waals surface area contributed by atoms with E-state index in [-0.39, 0.29) is 16.3 Å². The van der Waals surface area contributed by atoms with Crippen molar-refractivity contribution in [3.8, 4) is 0 Å². The van der Waals surface area contributed by atoms with Crippen molar-refractivity contribution in [3.63, 3.8) is 0 Å². The minimum absolute atomic E-state index is 0.0519. The number of pyridine rings is 1. The number of carbonyl (C=O) groups excluding carboxylic acids is 2. The fraction of sp³-hybridized carbons (Fsp3) is 0. The molecule has 0 aliphatic heterocycles. The summed E-state index contributed by atoms with van der Waals surface area (Å²) in [5, 5.41) is 2.25. The molecule has 3 N–H and O–H groups in total. The second kappa shape index (κ2) is 5.84. The Morgan fingerprint density at radius 2 is 1.90 bits per heavy atom. The van der Waals surface area contributed by atoms with Crippen LogP contribution in [0.3, 0.4) is 0 Å². The predicted octanol–water partition coefficient (Wildman–Crippen LogP) is 2.36. The number of nitrogens with two attached hydrogens (primary N) is 1. The zero-order valence-corrected chi connectivity index (χ0v) is 11.1. The smallest absolute Gasteiger partial charge is 0.257 e. The van der Waals surface area contributed by atoms with E-state index in [1.54, 1.807) is 0 Å². The van der Waals surface area contributed by atoms with Crippen LogP contribution in [0, 0.1) is 11.6 Å². The van der Waals surface area contributed by atoms with Crippen LogP contribution in [0.25, 0.3) is 0 Å². The third-order valence-electron chi connectivity index (χ3n) is 2.59. The molecule has 0 atom stereocenters. The van der Waals surface area contributed by atoms with Crippen molar-refractivity contribution >= 4 is 29.1 Å². The Labute approximate surface area is 122 Å². The fourth-order valence-electron chi connectivity index (χ4n) is 1.58. The zero-order chi connectivity index (χ0) is 15.6. The first-order chi connectivity index (χ1) is 9.90. The van der Waals surface area contributed by atoms with Gasteiger partial charge in [-0.25, -0.2) is 8.78 Å². The second-order valence-corrected chi connectivity index (χ2v) is 4.39. The van der Waals surface area contributed by atoms with Crippen molar-refractivity contribution in [2.24, 2.45) is 5.73 Å². The van der Waals surface area contributed by atoms with Gasteiger partial charge in [-0.3, -0.25) is 14.6 Å². The van der Waals surface area contributed by atoms with E-state index in [0.717, 1.165) is 6.07 Å². The SMILES string of the molecule is NC(=O)c1cc(NC(=O)c2ccncc2Cl)c(F)cc1F. The molecule has 0 aliphatic rings. The van der Waals surface area contributed by atoms with Crippen LogP contribution in [0.4, 0.5) is 14.5 Å². The average molecular weight is 312 g/mol. The second-order valence-electron chi connectivity index (χ2n) is 3.99. The molecule has 0 bridgehead atoms. The minimum atomic E-state index is -1.11. The van der Waals surface area contributed by atoms with Gasteiger partial charge in [0.2, 0.25) is 0 Å². The fourth-order valence-corrected chi connectivity index (χ4v) is 1.79. The normalized spacial score (nSPS) is 10.2. The number of aromatic nitrogens is 1. The van der Waals surface area contributed by atoms with Crippen molar-refractivity contribution in [3.05, 3.63) is 58.4 Å². The lowest BCUT2D eigenvalue weighted by atomic mass is 10.1. The lowest BCUT2D eigenvalue weighted by Gasteiger charge is -2.09. The van der Waals surface area contributed by atoms with Gasteiger partial charge in [-0.2, -0.15) is 0 Å². The maximum Gasteiger partial charge on any atom is 0.257 e. The first-order valence-electron chi connectivity index (χ1n) is 5.60. The van der Waals surface area contributed by atoms with E-state index in [1.807, 2.05) is 0 Å². The highest BCUT2D eigenvalue weighted by Gasteiger charge is 2.17. The number of benzene rings is 1. The van der Waals surface area contributed by atoms with Crippen molar-refractivity contribution in [1.82, 2.24) is 4.98 Å². The summed E-state index contributed by atoms with van der Waals surface area (Å²) in [7, 11) is 0. The third-order valence-corrected chi connectivity index (χ3v) is 2.89. The zero-order valence-electron chi connectivity index (χ0n) is 10.4. The molecule has 0 unspecified atom stereocenters. The van der Waals surface area contributed by atoms with Crippen molar-refractivity contribution < 1.29 is 18.4 Å². The Bertz CT molecular complexity index is 737. The average Bonchev–Trinajstić information content (AvgIpc) is 2.41. The number of halogens is 3. The molecule has 0 saturated heterocycles. The van der Waals surface area contributed by atoms with Gasteiger partial charge >= 0.3 is 0 Å². The Morgan fingerprint density at radius 1 is 1.19 bits per heavy atom. The maximum absolute atomic E-state index is 13.6. The highest BCUT2D eigenvalue weighted by atomic mass is 35.5. The summed E-state index contributed by atoms with van der Waals surface area (Å²) >= 11 is 5.78. The highest BCUT2D eigenvalue weighted by molar-refractivity contribution is 6.34. The molecule has 0 aliphatic carbocycles. The van der Waals surface area contributed by atoms with Gasteiger partial charge in [0.25, 0.3) is 11.8 Å². The molecule has 21 heavy (non-hydrogen) atoms. The molecule has 0 saturated carbocycles. The summed E-state index contributed by atoms with van der Waals surface area (Å²) in [6.45, 7) is 0. The summed E-state index contributed by atoms with van der Waals surface area (Å²) in [6, 6.07) is 2.61. The molecule has 1 heterocycles. The summed E-state index contributed by atoms with van der Waals surface area (Å²) < 4.78 is 26.9. The van der Waals surface area contributed by atoms with E-state index in [2.05, 4.69) is 10.3 Å². The summed E-state index contributed by atoms with van der Waals surface area (Å²) in [4.78, 5) is 26.7. The number of nitrogens with zero attached hydrogens (tertiary/aromatic N) is 1. The topological polar surface area (TPSA) is 85.1 Å². The molecule has 1 aromatic heterocycles. The van der Waals surface area contributed by atoms with Gasteiger partial charge in [0, 0.05) is 18.5 Å². The lowest BCUT2D eigenvalue weighted by molar-refractivity contribution is 0.0992. The van der Waals surface area contributed by atoms with Crippen LogP contribution in [-0.4, -0.2) is 16.8 Å². The number of carbonyl (C=O) groups is 2. The largest absolute Gasteiger partial charge is 0.366 e. The molecule has 5 nitrogen and oxygen atoms in total. The Morgan fingerprint density at radius 3 is 2.52 bits per heavy atom. The van der Waals surface area contributed by atoms with E-state index in [9.17, 15) is 18.4 Å². The lowest BCUT2D eigenvalue weighted by Crippen LogP contribution is -2.17.